The molecule has 0 saturated carbocycles. The molecule has 1 saturated heterocycles. The van der Waals surface area contributed by atoms with E-state index in [1.165, 1.54) is 10.6 Å². The standard InChI is InChI=1S/C23H22N6O3S/c1-16-7-12-21(27-19-5-3-2-4-6-19)33(31,32)29(16)14-17-8-10-18(11-9-17)23(30)28-22-20(13-24)25-15-26-22/h2-6,8-11,15-16H,7,12,14H2,1H3,(H,25,26)(H,28,30)/t16-/m0/s1. The Hall–Kier alpha value is -3.81. The number of aliphatic imine (C=N–C) groups is 1. The predicted octanol–water partition coefficient (Wildman–Crippen LogP) is 3.58. The molecule has 33 heavy (non-hydrogen) atoms. The summed E-state index contributed by atoms with van der Waals surface area (Å²) in [6.45, 7) is 2.06. The molecule has 9 nitrogen and oxygen atoms in total. The van der Waals surface area contributed by atoms with Crippen molar-refractivity contribution in [3.05, 3.63) is 77.7 Å². The van der Waals surface area contributed by atoms with Crippen molar-refractivity contribution < 1.29 is 13.2 Å². The molecule has 2 aromatic carbocycles. The minimum atomic E-state index is -3.72. The fourth-order valence-electron chi connectivity index (χ4n) is 3.57. The van der Waals surface area contributed by atoms with Gasteiger partial charge in [-0.15, -0.1) is 0 Å². The zero-order valence-electron chi connectivity index (χ0n) is 17.9. The Morgan fingerprint density at radius 2 is 1.97 bits per heavy atom. The Morgan fingerprint density at radius 3 is 2.67 bits per heavy atom. The Morgan fingerprint density at radius 1 is 1.24 bits per heavy atom. The van der Waals surface area contributed by atoms with Crippen LogP contribution < -0.4 is 5.32 Å². The number of nitrogens with one attached hydrogen (secondary N) is 2. The fourth-order valence-corrected chi connectivity index (χ4v) is 5.34. The SMILES string of the molecule is C[C@H]1CCC(=Nc2ccccc2)S(=O)(=O)N1Cc1ccc(C(=O)Nc2nc[nH]c2C#N)cc1. The van der Waals surface area contributed by atoms with Crippen molar-refractivity contribution in [3.63, 3.8) is 0 Å². The van der Waals surface area contributed by atoms with Gasteiger partial charge in [0.05, 0.1) is 12.0 Å². The Balaban J connectivity index is 1.50. The Kier molecular flexibility index (Phi) is 6.35. The minimum absolute atomic E-state index is 0.157. The maximum Gasteiger partial charge on any atom is 0.257 e. The van der Waals surface area contributed by atoms with Gasteiger partial charge < -0.3 is 10.3 Å². The van der Waals surface area contributed by atoms with Gasteiger partial charge in [-0.1, -0.05) is 30.3 Å². The normalized spacial score (nSPS) is 19.2. The van der Waals surface area contributed by atoms with Crippen LogP contribution in [0.1, 0.15) is 41.4 Å². The molecule has 1 atom stereocenters. The number of hydrogen-bond donors (Lipinski definition) is 2. The summed E-state index contributed by atoms with van der Waals surface area (Å²) in [5, 5.41) is 11.8. The van der Waals surface area contributed by atoms with E-state index in [4.69, 9.17) is 5.26 Å². The lowest BCUT2D eigenvalue weighted by molar-refractivity contribution is 0.102. The number of para-hydroxylation sites is 1. The third kappa shape index (κ3) is 4.84. The van der Waals surface area contributed by atoms with E-state index in [0.29, 0.717) is 24.1 Å². The molecule has 3 aromatic rings. The number of aromatic nitrogens is 2. The highest BCUT2D eigenvalue weighted by atomic mass is 32.2. The highest BCUT2D eigenvalue weighted by Crippen LogP contribution is 2.27. The lowest BCUT2D eigenvalue weighted by atomic mass is 10.1. The Bertz CT molecular complexity index is 1320. The summed E-state index contributed by atoms with van der Waals surface area (Å²) in [6.07, 6.45) is 2.40. The second-order valence-electron chi connectivity index (χ2n) is 7.67. The average Bonchev–Trinajstić information content (AvgIpc) is 3.27. The first-order chi connectivity index (χ1) is 15.9. The second kappa shape index (κ2) is 9.36. The number of anilines is 1. The average molecular weight is 463 g/mol. The first kappa shape index (κ1) is 22.4. The third-order valence-electron chi connectivity index (χ3n) is 5.42. The predicted molar refractivity (Wildman–Crippen MR) is 124 cm³/mol. The van der Waals surface area contributed by atoms with E-state index < -0.39 is 15.9 Å². The molecular formula is C23H22N6O3S. The lowest BCUT2D eigenvalue weighted by Crippen LogP contribution is -2.46. The van der Waals surface area contributed by atoms with Gasteiger partial charge >= 0.3 is 0 Å². The molecule has 2 heterocycles. The number of carbonyl (C=O) groups excluding carboxylic acids is 1. The first-order valence-electron chi connectivity index (χ1n) is 10.4. The van der Waals surface area contributed by atoms with Gasteiger partial charge in [-0.25, -0.2) is 18.4 Å². The summed E-state index contributed by atoms with van der Waals surface area (Å²) < 4.78 is 27.9. The summed E-state index contributed by atoms with van der Waals surface area (Å²) in [5.74, 6) is -0.258. The molecule has 1 amide bonds. The van der Waals surface area contributed by atoms with Crippen LogP contribution in [0.5, 0.6) is 0 Å². The highest BCUT2D eigenvalue weighted by molar-refractivity contribution is 8.04. The quantitative estimate of drug-likeness (QED) is 0.598. The van der Waals surface area contributed by atoms with Crippen LogP contribution in [-0.4, -0.2) is 39.7 Å². The summed E-state index contributed by atoms with van der Waals surface area (Å²) in [5.41, 5.74) is 1.89. The van der Waals surface area contributed by atoms with E-state index in [-0.39, 0.29) is 29.1 Å². The molecule has 0 radical (unpaired) electrons. The van der Waals surface area contributed by atoms with E-state index in [1.54, 1.807) is 36.4 Å². The van der Waals surface area contributed by atoms with Crippen molar-refractivity contribution in [1.29, 1.82) is 5.26 Å². The van der Waals surface area contributed by atoms with Crippen molar-refractivity contribution in [3.8, 4) is 6.07 Å². The number of benzene rings is 2. The first-order valence-corrected chi connectivity index (χ1v) is 11.8. The smallest absolute Gasteiger partial charge is 0.257 e. The summed E-state index contributed by atoms with van der Waals surface area (Å²) in [4.78, 5) is 23.4. The van der Waals surface area contributed by atoms with Crippen LogP contribution >= 0.6 is 0 Å². The number of amides is 1. The molecule has 4 rings (SSSR count). The van der Waals surface area contributed by atoms with Crippen molar-refractivity contribution in [1.82, 2.24) is 14.3 Å². The van der Waals surface area contributed by atoms with Crippen molar-refractivity contribution in [2.45, 2.75) is 32.4 Å². The molecule has 0 spiro atoms. The third-order valence-corrected chi connectivity index (χ3v) is 7.42. The topological polar surface area (TPSA) is 131 Å². The number of imidazole rings is 1. The van der Waals surface area contributed by atoms with E-state index in [1.807, 2.05) is 31.2 Å². The van der Waals surface area contributed by atoms with Crippen LogP contribution in [0.4, 0.5) is 11.5 Å². The molecule has 0 aliphatic carbocycles. The van der Waals surface area contributed by atoms with Gasteiger partial charge in [-0.3, -0.25) is 4.79 Å². The fraction of sp³-hybridized carbons (Fsp3) is 0.217. The molecule has 1 aliphatic heterocycles. The van der Waals surface area contributed by atoms with Gasteiger partial charge in [0.2, 0.25) is 0 Å². The van der Waals surface area contributed by atoms with Gasteiger partial charge in [0, 0.05) is 24.6 Å². The molecular weight excluding hydrogens is 440 g/mol. The zero-order valence-corrected chi connectivity index (χ0v) is 18.7. The van der Waals surface area contributed by atoms with Crippen LogP contribution in [0, 0.1) is 11.3 Å². The maximum atomic E-state index is 13.2. The molecule has 2 N–H and O–H groups in total. The largest absolute Gasteiger partial charge is 0.335 e. The van der Waals surface area contributed by atoms with E-state index in [2.05, 4.69) is 20.3 Å². The highest BCUT2D eigenvalue weighted by Gasteiger charge is 2.36. The van der Waals surface area contributed by atoms with Crippen LogP contribution in [-0.2, 0) is 16.6 Å². The number of carbonyl (C=O) groups is 1. The van der Waals surface area contributed by atoms with Gasteiger partial charge in [0.1, 0.15) is 11.1 Å². The van der Waals surface area contributed by atoms with Crippen molar-refractivity contribution in [2.75, 3.05) is 5.32 Å². The number of hydrogen-bond acceptors (Lipinski definition) is 6. The van der Waals surface area contributed by atoms with E-state index in [0.717, 1.165) is 5.56 Å². The van der Waals surface area contributed by atoms with Crippen LogP contribution in [0.2, 0.25) is 0 Å². The van der Waals surface area contributed by atoms with Crippen LogP contribution in [0.3, 0.4) is 0 Å². The van der Waals surface area contributed by atoms with Crippen molar-refractivity contribution >= 4 is 32.5 Å². The maximum absolute atomic E-state index is 13.2. The molecule has 0 bridgehead atoms. The Labute approximate surface area is 191 Å². The number of H-pyrrole nitrogens is 1. The summed E-state index contributed by atoms with van der Waals surface area (Å²) >= 11 is 0. The number of rotatable bonds is 5. The molecule has 1 aromatic heterocycles. The van der Waals surface area contributed by atoms with Crippen LogP contribution in [0.25, 0.3) is 0 Å². The number of nitrogens with zero attached hydrogens (tertiary/aromatic N) is 4. The molecule has 10 heteroatoms. The number of nitriles is 1. The molecule has 1 fully saturated rings. The number of aromatic amines is 1. The molecule has 0 unspecified atom stereocenters. The minimum Gasteiger partial charge on any atom is -0.335 e. The van der Waals surface area contributed by atoms with E-state index in [9.17, 15) is 13.2 Å². The van der Waals surface area contributed by atoms with Gasteiger partial charge in [0.15, 0.2) is 11.5 Å². The van der Waals surface area contributed by atoms with E-state index >= 15 is 0 Å². The van der Waals surface area contributed by atoms with Crippen molar-refractivity contribution in [2.24, 2.45) is 4.99 Å². The zero-order chi connectivity index (χ0) is 23.4. The van der Waals surface area contributed by atoms with Gasteiger partial charge in [-0.05, 0) is 43.2 Å². The number of sulfonamides is 1. The van der Waals surface area contributed by atoms with Gasteiger partial charge in [-0.2, -0.15) is 9.57 Å². The molecule has 168 valence electrons. The summed E-state index contributed by atoms with van der Waals surface area (Å²) in [7, 11) is -3.72. The summed E-state index contributed by atoms with van der Waals surface area (Å²) in [6, 6.07) is 17.5. The molecule has 1 aliphatic rings. The van der Waals surface area contributed by atoms with Gasteiger partial charge in [0.25, 0.3) is 15.9 Å². The second-order valence-corrected chi connectivity index (χ2v) is 9.56. The monoisotopic (exact) mass is 462 g/mol. The van der Waals surface area contributed by atoms with Crippen LogP contribution in [0.15, 0.2) is 65.9 Å². The lowest BCUT2D eigenvalue weighted by Gasteiger charge is -2.33.